The van der Waals surface area contributed by atoms with Crippen molar-refractivity contribution < 1.29 is 23.9 Å². The molecule has 2 heterocycles. The van der Waals surface area contributed by atoms with E-state index < -0.39 is 34.6 Å². The van der Waals surface area contributed by atoms with Crippen LogP contribution in [0, 0.1) is 0 Å². The fourth-order valence-corrected chi connectivity index (χ4v) is 4.63. The minimum Gasteiger partial charge on any atom is -0.446 e. The Hall–Kier alpha value is -3.13. The average Bonchev–Trinajstić information content (AvgIpc) is 3.38. The molecule has 0 aliphatic carbocycles. The van der Waals surface area contributed by atoms with Gasteiger partial charge in [-0.1, -0.05) is 71.4 Å². The van der Waals surface area contributed by atoms with Crippen molar-refractivity contribution in [3.05, 3.63) is 71.9 Å². The maximum absolute atomic E-state index is 13.5. The Morgan fingerprint density at radius 3 is 2.41 bits per heavy atom. The van der Waals surface area contributed by atoms with Crippen molar-refractivity contribution in [3.8, 4) is 0 Å². The van der Waals surface area contributed by atoms with Crippen LogP contribution >= 0.6 is 15.9 Å². The second-order valence-corrected chi connectivity index (χ2v) is 10.3. The molecule has 0 radical (unpaired) electrons. The van der Waals surface area contributed by atoms with Crippen molar-refractivity contribution in [2.45, 2.75) is 50.1 Å². The van der Waals surface area contributed by atoms with E-state index >= 15 is 0 Å². The maximum Gasteiger partial charge on any atom is 0.419 e. The van der Waals surface area contributed by atoms with Crippen molar-refractivity contribution in [3.63, 3.8) is 0 Å². The minimum absolute atomic E-state index is 0.112. The van der Waals surface area contributed by atoms with Gasteiger partial charge in [0.2, 0.25) is 5.91 Å². The number of carbonyl (C=O) groups excluding carboxylic acids is 3. The first-order chi connectivity index (χ1) is 16.1. The highest BCUT2D eigenvalue weighted by Crippen LogP contribution is 2.36. The molecule has 2 aromatic carbocycles. The van der Waals surface area contributed by atoms with Gasteiger partial charge in [-0.15, -0.1) is 0 Å². The lowest BCUT2D eigenvalue weighted by Gasteiger charge is -2.25. The summed E-state index contributed by atoms with van der Waals surface area (Å²) in [5.41, 5.74) is 1.66. The zero-order valence-corrected chi connectivity index (χ0v) is 21.1. The van der Waals surface area contributed by atoms with Gasteiger partial charge in [0.25, 0.3) is 0 Å². The highest BCUT2D eigenvalue weighted by atomic mass is 79.9. The van der Waals surface area contributed by atoms with Gasteiger partial charge >= 0.3 is 12.2 Å². The summed E-state index contributed by atoms with van der Waals surface area (Å²) in [4.78, 5) is 39.3. The number of rotatable bonds is 4. The van der Waals surface area contributed by atoms with E-state index in [0.29, 0.717) is 5.52 Å². The molecule has 7 nitrogen and oxygen atoms in total. The van der Waals surface area contributed by atoms with Crippen molar-refractivity contribution >= 4 is 44.9 Å². The Labute approximate surface area is 206 Å². The monoisotopic (exact) mass is 526 g/mol. The summed E-state index contributed by atoms with van der Waals surface area (Å²) < 4.78 is 12.3. The minimum atomic E-state index is -0.720. The number of amides is 2. The molecule has 178 valence electrons. The number of hydrogen-bond acceptors (Lipinski definition) is 5. The van der Waals surface area contributed by atoms with Gasteiger partial charge in [-0.3, -0.25) is 9.36 Å². The number of fused-ring (bicyclic) bond motifs is 1. The Morgan fingerprint density at radius 2 is 1.74 bits per heavy atom. The van der Waals surface area contributed by atoms with Crippen LogP contribution in [0.4, 0.5) is 9.59 Å². The number of hydrogen-bond donors (Lipinski definition) is 0. The van der Waals surface area contributed by atoms with E-state index in [4.69, 9.17) is 9.47 Å². The van der Waals surface area contributed by atoms with E-state index in [1.165, 1.54) is 9.47 Å². The SMILES string of the molecule is C[C@@H](c1cn(C(=O)OC(C)(C)C)c2ccccc12)[C@@H](Br)C(=O)N1C(=O)OC[C@H]1c1ccccc1. The molecule has 0 bridgehead atoms. The van der Waals surface area contributed by atoms with E-state index in [9.17, 15) is 14.4 Å². The number of aromatic nitrogens is 1. The second-order valence-electron chi connectivity index (χ2n) is 9.35. The molecule has 1 fully saturated rings. The Morgan fingerprint density at radius 1 is 1.09 bits per heavy atom. The number of cyclic esters (lactones) is 1. The van der Waals surface area contributed by atoms with Crippen LogP contribution in [-0.4, -0.2) is 44.6 Å². The number of ether oxygens (including phenoxy) is 2. The topological polar surface area (TPSA) is 77.8 Å². The smallest absolute Gasteiger partial charge is 0.419 e. The standard InChI is InChI=1S/C26H27BrN2O5/c1-16(19-14-28(24(31)34-26(2,3)4)20-13-9-8-12-18(19)20)22(27)23(30)29-21(15-33-25(29)32)17-10-6-5-7-11-17/h5-14,16,21-22H,15H2,1-4H3/t16-,21-,22+/m0/s1. The molecule has 1 aliphatic rings. The van der Waals surface area contributed by atoms with Crippen molar-refractivity contribution in [1.82, 2.24) is 9.47 Å². The van der Waals surface area contributed by atoms with Gasteiger partial charge in [0.15, 0.2) is 0 Å². The van der Waals surface area contributed by atoms with Crippen LogP contribution in [0.1, 0.15) is 50.8 Å². The number of halogens is 1. The number of benzene rings is 2. The summed E-state index contributed by atoms with van der Waals surface area (Å²) in [6.07, 6.45) is 0.556. The lowest BCUT2D eigenvalue weighted by Crippen LogP contribution is -2.40. The molecule has 8 heteroatoms. The first-order valence-electron chi connectivity index (χ1n) is 11.1. The predicted octanol–water partition coefficient (Wildman–Crippen LogP) is 6.01. The first kappa shape index (κ1) is 24.0. The number of imide groups is 1. The molecule has 0 unspecified atom stereocenters. The van der Waals surface area contributed by atoms with Crippen molar-refractivity contribution in [2.75, 3.05) is 6.61 Å². The van der Waals surface area contributed by atoms with Gasteiger partial charge in [0.1, 0.15) is 23.1 Å². The van der Waals surface area contributed by atoms with E-state index in [1.54, 1.807) is 6.20 Å². The molecule has 3 atom stereocenters. The third-order valence-electron chi connectivity index (χ3n) is 5.79. The second kappa shape index (κ2) is 9.25. The first-order valence-corrected chi connectivity index (χ1v) is 12.0. The molecule has 0 N–H and O–H groups in total. The fourth-order valence-electron chi connectivity index (χ4n) is 4.12. The van der Waals surface area contributed by atoms with Gasteiger partial charge in [-0.05, 0) is 38.0 Å². The molecule has 0 saturated carbocycles. The third-order valence-corrected chi connectivity index (χ3v) is 6.98. The number of alkyl halides is 1. The zero-order valence-electron chi connectivity index (χ0n) is 19.5. The van der Waals surface area contributed by atoms with Crippen LogP contribution in [-0.2, 0) is 14.3 Å². The maximum atomic E-state index is 13.5. The van der Waals surface area contributed by atoms with Crippen molar-refractivity contribution in [1.29, 1.82) is 0 Å². The lowest BCUT2D eigenvalue weighted by atomic mass is 9.96. The summed E-state index contributed by atoms with van der Waals surface area (Å²) in [5, 5.41) is 0.835. The summed E-state index contributed by atoms with van der Waals surface area (Å²) >= 11 is 3.54. The van der Waals surface area contributed by atoms with E-state index in [0.717, 1.165) is 16.5 Å². The van der Waals surface area contributed by atoms with Crippen LogP contribution in [0.2, 0.25) is 0 Å². The Bertz CT molecular complexity index is 1230. The normalized spacial score (nSPS) is 18.0. The average molecular weight is 527 g/mol. The molecule has 4 rings (SSSR count). The molecule has 1 aromatic heterocycles. The van der Waals surface area contributed by atoms with Crippen LogP contribution in [0.15, 0.2) is 60.8 Å². The highest BCUT2D eigenvalue weighted by Gasteiger charge is 2.42. The summed E-state index contributed by atoms with van der Waals surface area (Å²) in [6, 6.07) is 16.3. The van der Waals surface area contributed by atoms with Crippen LogP contribution < -0.4 is 0 Å². The van der Waals surface area contributed by atoms with Crippen molar-refractivity contribution in [2.24, 2.45) is 0 Å². The summed E-state index contributed by atoms with van der Waals surface area (Å²) in [6.45, 7) is 7.43. The predicted molar refractivity (Wildman–Crippen MR) is 132 cm³/mol. The largest absolute Gasteiger partial charge is 0.446 e. The van der Waals surface area contributed by atoms with Gasteiger partial charge < -0.3 is 9.47 Å². The summed E-state index contributed by atoms with van der Waals surface area (Å²) in [5.74, 6) is -0.746. The molecule has 1 saturated heterocycles. The molecule has 2 amide bonds. The van der Waals surface area contributed by atoms with Gasteiger partial charge in [0, 0.05) is 17.5 Å². The summed E-state index contributed by atoms with van der Waals surface area (Å²) in [7, 11) is 0. The van der Waals surface area contributed by atoms with Gasteiger partial charge in [-0.2, -0.15) is 0 Å². The fraction of sp³-hybridized carbons (Fsp3) is 0.346. The third kappa shape index (κ3) is 4.59. The van der Waals surface area contributed by atoms with Crippen LogP contribution in [0.3, 0.4) is 0 Å². The van der Waals surface area contributed by atoms with Gasteiger partial charge in [0.05, 0.1) is 5.52 Å². The molecule has 3 aromatic rings. The van der Waals surface area contributed by atoms with Crippen LogP contribution in [0.25, 0.3) is 10.9 Å². The molecule has 34 heavy (non-hydrogen) atoms. The molecule has 0 spiro atoms. The quantitative estimate of drug-likeness (QED) is 0.389. The number of carbonyl (C=O) groups is 3. The van der Waals surface area contributed by atoms with E-state index in [1.807, 2.05) is 82.3 Å². The molecule has 1 aliphatic heterocycles. The highest BCUT2D eigenvalue weighted by molar-refractivity contribution is 9.10. The van der Waals surface area contributed by atoms with Gasteiger partial charge in [-0.25, -0.2) is 14.5 Å². The molecular formula is C26H27BrN2O5. The lowest BCUT2D eigenvalue weighted by molar-refractivity contribution is -0.128. The number of nitrogens with zero attached hydrogens (tertiary/aromatic N) is 2. The number of para-hydroxylation sites is 1. The Balaban J connectivity index is 1.65. The van der Waals surface area contributed by atoms with E-state index in [2.05, 4.69) is 15.9 Å². The Kier molecular flexibility index (Phi) is 6.53. The zero-order chi connectivity index (χ0) is 24.6. The van der Waals surface area contributed by atoms with Crippen LogP contribution in [0.5, 0.6) is 0 Å². The van der Waals surface area contributed by atoms with E-state index in [-0.39, 0.29) is 12.5 Å². The molecular weight excluding hydrogens is 500 g/mol.